The van der Waals surface area contributed by atoms with Gasteiger partial charge in [-0.2, -0.15) is 0 Å². The Labute approximate surface area is 195 Å². The van der Waals surface area contributed by atoms with Crippen molar-refractivity contribution in [2.75, 3.05) is 6.16 Å². The van der Waals surface area contributed by atoms with E-state index >= 15 is 0 Å². The van der Waals surface area contributed by atoms with Crippen molar-refractivity contribution >= 4 is 19.6 Å². The summed E-state index contributed by atoms with van der Waals surface area (Å²) >= 11 is 0. The van der Waals surface area contributed by atoms with Crippen molar-refractivity contribution in [2.24, 2.45) is 4.99 Å². The van der Waals surface area contributed by atoms with Crippen LogP contribution in [0.4, 0.5) is 5.69 Å². The fourth-order valence-electron chi connectivity index (χ4n) is 4.61. The Morgan fingerprint density at radius 2 is 1.06 bits per heavy atom. The van der Waals surface area contributed by atoms with Gasteiger partial charge in [0.2, 0.25) is 0 Å². The lowest BCUT2D eigenvalue weighted by Gasteiger charge is -2.47. The van der Waals surface area contributed by atoms with Crippen molar-refractivity contribution in [3.05, 3.63) is 29.3 Å². The normalized spacial score (nSPS) is 13.7. The smallest absolute Gasteiger partial charge is 0.0698 e. The van der Waals surface area contributed by atoms with Crippen molar-refractivity contribution in [1.29, 1.82) is 0 Å². The first-order chi connectivity index (χ1) is 14.3. The molecule has 0 N–H and O–H groups in total. The Balaban J connectivity index is 3.52. The van der Waals surface area contributed by atoms with Gasteiger partial charge in [0.1, 0.15) is 0 Å². The molecule has 0 atom stereocenters. The van der Waals surface area contributed by atoms with Gasteiger partial charge in [0.05, 0.1) is 5.69 Å². The third kappa shape index (κ3) is 7.65. The molecular weight excluding hydrogens is 397 g/mol. The van der Waals surface area contributed by atoms with Crippen LogP contribution in [0.5, 0.6) is 0 Å². The number of rotatable bonds is 11. The molecule has 0 aromatic heterocycles. The minimum atomic E-state index is -0.495. The average Bonchev–Trinajstić information content (AvgIpc) is 2.59. The molecule has 178 valence electrons. The summed E-state index contributed by atoms with van der Waals surface area (Å²) in [5, 5.41) is 0. The van der Waals surface area contributed by atoms with Crippen LogP contribution in [0.2, 0.25) is 0 Å². The van der Waals surface area contributed by atoms with Gasteiger partial charge in [-0.3, -0.25) is 14.3 Å². The zero-order valence-electron chi connectivity index (χ0n) is 22.7. The lowest BCUT2D eigenvalue weighted by molar-refractivity contribution is 0.257. The molecule has 0 heterocycles. The van der Waals surface area contributed by atoms with Crippen molar-refractivity contribution in [1.82, 2.24) is 9.34 Å². The van der Waals surface area contributed by atoms with E-state index in [1.54, 1.807) is 0 Å². The van der Waals surface area contributed by atoms with Gasteiger partial charge < -0.3 is 0 Å². The van der Waals surface area contributed by atoms with E-state index < -0.39 is 8.22 Å². The molecule has 1 aromatic rings. The molecule has 0 aliphatic rings. The van der Waals surface area contributed by atoms with Crippen LogP contribution < -0.4 is 0 Å². The maximum atomic E-state index is 5.32. The first kappa shape index (κ1) is 28.3. The number of hydrogen-bond donors (Lipinski definition) is 0. The topological polar surface area (TPSA) is 18.8 Å². The van der Waals surface area contributed by atoms with Crippen molar-refractivity contribution in [3.63, 3.8) is 0 Å². The molecule has 0 aliphatic carbocycles. The largest absolute Gasteiger partial charge is 0.265 e. The highest BCUT2D eigenvalue weighted by Gasteiger charge is 2.33. The monoisotopic (exact) mass is 447 g/mol. The summed E-state index contributed by atoms with van der Waals surface area (Å²) < 4.78 is 5.46. The predicted molar refractivity (Wildman–Crippen MR) is 143 cm³/mol. The van der Waals surface area contributed by atoms with E-state index in [-0.39, 0.29) is 0 Å². The molecule has 31 heavy (non-hydrogen) atoms. The molecule has 0 unspecified atom stereocenters. The van der Waals surface area contributed by atoms with E-state index in [2.05, 4.69) is 118 Å². The first-order valence-electron chi connectivity index (χ1n) is 12.3. The number of aliphatic imine (C=N–C) groups is 1. The summed E-state index contributed by atoms with van der Waals surface area (Å²) in [6.45, 7) is 30.1. The van der Waals surface area contributed by atoms with Crippen LogP contribution in [0.25, 0.3) is 0 Å². The zero-order chi connectivity index (χ0) is 24.0. The molecule has 0 saturated heterocycles. The van der Waals surface area contributed by atoms with Crippen molar-refractivity contribution in [3.8, 4) is 0 Å². The van der Waals surface area contributed by atoms with E-state index in [4.69, 9.17) is 4.99 Å². The summed E-state index contributed by atoms with van der Waals surface area (Å²) in [6.07, 6.45) is 1.02. The van der Waals surface area contributed by atoms with Crippen LogP contribution in [-0.2, 0) is 0 Å². The number of benzene rings is 1. The van der Waals surface area contributed by atoms with Gasteiger partial charge >= 0.3 is 0 Å². The molecule has 3 nitrogen and oxygen atoms in total. The van der Waals surface area contributed by atoms with Crippen LogP contribution in [-0.4, -0.2) is 45.4 Å². The molecular formula is C27H50N3P. The second kappa shape index (κ2) is 12.5. The van der Waals surface area contributed by atoms with E-state index in [1.807, 2.05) is 0 Å². The van der Waals surface area contributed by atoms with E-state index in [1.165, 1.54) is 22.5 Å². The third-order valence-corrected chi connectivity index (χ3v) is 9.32. The molecule has 0 radical (unpaired) electrons. The van der Waals surface area contributed by atoms with Gasteiger partial charge in [-0.1, -0.05) is 45.9 Å². The number of nitrogens with zero attached hydrogens (tertiary/aromatic N) is 3. The fraction of sp³-hybridized carbons (Fsp3) is 0.741. The Morgan fingerprint density at radius 3 is 1.35 bits per heavy atom. The van der Waals surface area contributed by atoms with Crippen LogP contribution in [0.15, 0.2) is 23.2 Å². The molecule has 4 heteroatoms. The fourth-order valence-corrected chi connectivity index (χ4v) is 7.79. The van der Waals surface area contributed by atoms with E-state index in [0.29, 0.717) is 36.0 Å². The summed E-state index contributed by atoms with van der Waals surface area (Å²) in [6, 6.07) is 8.75. The summed E-state index contributed by atoms with van der Waals surface area (Å²) in [5.74, 6) is 0.940. The van der Waals surface area contributed by atoms with Crippen LogP contribution in [0, 0.1) is 0 Å². The molecule has 0 aliphatic heterocycles. The van der Waals surface area contributed by atoms with Crippen LogP contribution in [0.3, 0.4) is 0 Å². The molecule has 1 aromatic carbocycles. The lowest BCUT2D eigenvalue weighted by Crippen LogP contribution is -2.44. The predicted octanol–water partition coefficient (Wildman–Crippen LogP) is 8.58. The Bertz CT molecular complexity index is 642. The minimum absolute atomic E-state index is 0.470. The molecule has 0 spiro atoms. The Kier molecular flexibility index (Phi) is 11.4. The zero-order valence-corrected chi connectivity index (χ0v) is 23.6. The van der Waals surface area contributed by atoms with Gasteiger partial charge in [0.15, 0.2) is 0 Å². The molecule has 1 rings (SSSR count). The molecule has 0 saturated carbocycles. The highest BCUT2D eigenvalue weighted by Crippen LogP contribution is 2.50. The van der Waals surface area contributed by atoms with E-state index in [0.717, 1.165) is 6.16 Å². The number of hydrogen-bond acceptors (Lipinski definition) is 3. The summed E-state index contributed by atoms with van der Waals surface area (Å²) in [4.78, 5) is 5.32. The second-order valence-electron chi connectivity index (χ2n) is 10.6. The highest BCUT2D eigenvalue weighted by atomic mass is 31.1. The average molecular weight is 448 g/mol. The van der Waals surface area contributed by atoms with Gasteiger partial charge in [0.25, 0.3) is 0 Å². The third-order valence-electron chi connectivity index (χ3n) is 5.66. The summed E-state index contributed by atoms with van der Waals surface area (Å²) in [5.41, 5.74) is 5.19. The molecule has 0 fully saturated rings. The van der Waals surface area contributed by atoms with E-state index in [9.17, 15) is 0 Å². The standard InChI is InChI=1S/C27H50N3P/c1-18(2)25-15-14-16-26(19(3)4)27(25)28-24(13)17-31(29(20(5)6)21(7)8)30(22(9)10)23(11)12/h14-16,18-23H,17H2,1-13H3. The maximum Gasteiger partial charge on any atom is 0.0698 e. The lowest BCUT2D eigenvalue weighted by atomic mass is 9.93. The van der Waals surface area contributed by atoms with Crippen LogP contribution in [0.1, 0.15) is 113 Å². The first-order valence-corrected chi connectivity index (χ1v) is 13.7. The Hall–Kier alpha value is -0.760. The minimum Gasteiger partial charge on any atom is -0.265 e. The van der Waals surface area contributed by atoms with Gasteiger partial charge in [0, 0.05) is 44.3 Å². The van der Waals surface area contributed by atoms with Crippen molar-refractivity contribution in [2.45, 2.75) is 126 Å². The SMILES string of the molecule is CC(CP(N(C(C)C)C(C)C)N(C(C)C)C(C)C)=Nc1c(C(C)C)cccc1C(C)C. The van der Waals surface area contributed by atoms with Gasteiger partial charge in [-0.15, -0.1) is 0 Å². The molecule has 0 bridgehead atoms. The molecule has 0 amide bonds. The van der Waals surface area contributed by atoms with Gasteiger partial charge in [-0.05, 0) is 85.3 Å². The van der Waals surface area contributed by atoms with Gasteiger partial charge in [-0.25, -0.2) is 0 Å². The van der Waals surface area contributed by atoms with Crippen molar-refractivity contribution < 1.29 is 0 Å². The number of para-hydroxylation sites is 1. The maximum absolute atomic E-state index is 5.32. The second-order valence-corrected chi connectivity index (χ2v) is 12.6. The summed E-state index contributed by atoms with van der Waals surface area (Å²) in [7, 11) is -0.495. The Morgan fingerprint density at radius 1 is 0.710 bits per heavy atom. The highest BCUT2D eigenvalue weighted by molar-refractivity contribution is 7.53. The quantitative estimate of drug-likeness (QED) is 0.250. The van der Waals surface area contributed by atoms with Crippen LogP contribution >= 0.6 is 8.22 Å².